The molecule has 0 radical (unpaired) electrons. The number of amidine groups is 1. The lowest BCUT2D eigenvalue weighted by atomic mass is 10.3. The van der Waals surface area contributed by atoms with Crippen LogP contribution in [-0.2, 0) is 0 Å². The van der Waals surface area contributed by atoms with Gasteiger partial charge >= 0.3 is 0 Å². The molecule has 0 spiro atoms. The molecule has 2 rings (SSSR count). The summed E-state index contributed by atoms with van der Waals surface area (Å²) in [4.78, 5) is 8.00. The van der Waals surface area contributed by atoms with Crippen LogP contribution in [0.3, 0.4) is 0 Å². The van der Waals surface area contributed by atoms with E-state index in [-0.39, 0.29) is 17.4 Å². The van der Waals surface area contributed by atoms with Gasteiger partial charge in [-0.2, -0.15) is 0 Å². The van der Waals surface area contributed by atoms with E-state index in [2.05, 4.69) is 16.9 Å². The number of rotatable bonds is 6. The molecule has 6 heteroatoms. The standard InChI is InChI=1S/C14H16N4O2/c1-2-9-19-10-3-5-11(6-4-10)20-14-12(13(15)16)17-7-8-18-14/h3-8H,2,9H2,1H3,(H3,15,16). The third-order valence-corrected chi connectivity index (χ3v) is 2.43. The fourth-order valence-corrected chi connectivity index (χ4v) is 1.52. The molecule has 0 aliphatic heterocycles. The first-order valence-electron chi connectivity index (χ1n) is 6.27. The van der Waals surface area contributed by atoms with Gasteiger partial charge in [0.15, 0.2) is 5.69 Å². The predicted molar refractivity (Wildman–Crippen MR) is 75.4 cm³/mol. The van der Waals surface area contributed by atoms with Crippen LogP contribution in [0.15, 0.2) is 36.7 Å². The Hall–Kier alpha value is -2.63. The number of nitrogens with zero attached hydrogens (tertiary/aromatic N) is 2. The van der Waals surface area contributed by atoms with Crippen LogP contribution in [0.5, 0.6) is 17.4 Å². The van der Waals surface area contributed by atoms with Crippen molar-refractivity contribution in [3.8, 4) is 17.4 Å². The highest BCUT2D eigenvalue weighted by Crippen LogP contribution is 2.23. The van der Waals surface area contributed by atoms with E-state index >= 15 is 0 Å². The zero-order valence-corrected chi connectivity index (χ0v) is 11.2. The van der Waals surface area contributed by atoms with E-state index in [4.69, 9.17) is 20.6 Å². The highest BCUT2D eigenvalue weighted by molar-refractivity contribution is 5.95. The molecule has 20 heavy (non-hydrogen) atoms. The van der Waals surface area contributed by atoms with Crippen molar-refractivity contribution < 1.29 is 9.47 Å². The molecule has 6 nitrogen and oxygen atoms in total. The molecule has 0 saturated carbocycles. The summed E-state index contributed by atoms with van der Waals surface area (Å²) < 4.78 is 11.1. The summed E-state index contributed by atoms with van der Waals surface area (Å²) in [5.41, 5.74) is 5.65. The number of nitrogen functional groups attached to an aromatic ring is 1. The van der Waals surface area contributed by atoms with Crippen LogP contribution < -0.4 is 15.2 Å². The minimum Gasteiger partial charge on any atom is -0.494 e. The summed E-state index contributed by atoms with van der Waals surface area (Å²) in [7, 11) is 0. The molecule has 104 valence electrons. The van der Waals surface area contributed by atoms with E-state index < -0.39 is 0 Å². The number of ether oxygens (including phenoxy) is 2. The molecule has 0 atom stereocenters. The molecule has 0 aliphatic rings. The van der Waals surface area contributed by atoms with Gasteiger partial charge in [0.2, 0.25) is 5.88 Å². The average molecular weight is 272 g/mol. The summed E-state index contributed by atoms with van der Waals surface area (Å²) in [5, 5.41) is 7.43. The maximum atomic E-state index is 7.43. The number of benzene rings is 1. The van der Waals surface area contributed by atoms with Crippen LogP contribution in [-0.4, -0.2) is 22.4 Å². The number of hydrogen-bond donors (Lipinski definition) is 2. The summed E-state index contributed by atoms with van der Waals surface area (Å²) in [5.74, 6) is 1.39. The molecule has 2 aromatic rings. The van der Waals surface area contributed by atoms with Gasteiger partial charge in [0, 0.05) is 12.4 Å². The van der Waals surface area contributed by atoms with Crippen LogP contribution in [0.4, 0.5) is 0 Å². The second kappa shape index (κ2) is 6.51. The Kier molecular flexibility index (Phi) is 4.49. The Labute approximate surface area is 117 Å². The van der Waals surface area contributed by atoms with Crippen LogP contribution in [0.2, 0.25) is 0 Å². The van der Waals surface area contributed by atoms with Gasteiger partial charge in [0.05, 0.1) is 6.61 Å². The minimum absolute atomic E-state index is 0.184. The molecule has 1 heterocycles. The van der Waals surface area contributed by atoms with Crippen LogP contribution in [0, 0.1) is 5.41 Å². The van der Waals surface area contributed by atoms with Crippen molar-refractivity contribution in [2.75, 3.05) is 6.61 Å². The van der Waals surface area contributed by atoms with Crippen molar-refractivity contribution in [3.05, 3.63) is 42.4 Å². The monoisotopic (exact) mass is 272 g/mol. The van der Waals surface area contributed by atoms with Gasteiger partial charge in [-0.25, -0.2) is 9.97 Å². The SMILES string of the molecule is CCCOc1ccc(Oc2nccnc2C(=N)N)cc1. The van der Waals surface area contributed by atoms with Gasteiger partial charge < -0.3 is 15.2 Å². The maximum Gasteiger partial charge on any atom is 0.249 e. The largest absolute Gasteiger partial charge is 0.494 e. The Bertz CT molecular complexity index is 584. The minimum atomic E-state index is -0.184. The molecule has 0 aliphatic carbocycles. The quantitative estimate of drug-likeness (QED) is 0.621. The van der Waals surface area contributed by atoms with Crippen molar-refractivity contribution in [1.29, 1.82) is 5.41 Å². The third-order valence-electron chi connectivity index (χ3n) is 2.43. The molecule has 0 saturated heterocycles. The van der Waals surface area contributed by atoms with Gasteiger partial charge in [-0.1, -0.05) is 6.92 Å². The van der Waals surface area contributed by atoms with Gasteiger partial charge in [0.1, 0.15) is 17.3 Å². The Morgan fingerprint density at radius 2 is 1.80 bits per heavy atom. The molecular weight excluding hydrogens is 256 g/mol. The van der Waals surface area contributed by atoms with Crippen molar-refractivity contribution in [2.24, 2.45) is 5.73 Å². The second-order valence-electron chi connectivity index (χ2n) is 4.05. The summed E-state index contributed by atoms with van der Waals surface area (Å²) >= 11 is 0. The van der Waals surface area contributed by atoms with Crippen molar-refractivity contribution in [1.82, 2.24) is 9.97 Å². The zero-order chi connectivity index (χ0) is 14.4. The molecule has 1 aromatic heterocycles. The number of hydrogen-bond acceptors (Lipinski definition) is 5. The normalized spacial score (nSPS) is 10.1. The van der Waals surface area contributed by atoms with E-state index in [0.29, 0.717) is 12.4 Å². The van der Waals surface area contributed by atoms with Crippen molar-refractivity contribution in [3.63, 3.8) is 0 Å². The molecule has 0 fully saturated rings. The van der Waals surface area contributed by atoms with Crippen LogP contribution in [0.25, 0.3) is 0 Å². The number of nitrogens with one attached hydrogen (secondary N) is 1. The smallest absolute Gasteiger partial charge is 0.249 e. The van der Waals surface area contributed by atoms with Crippen molar-refractivity contribution in [2.45, 2.75) is 13.3 Å². The van der Waals surface area contributed by atoms with E-state index in [1.807, 2.05) is 12.1 Å². The number of nitrogens with two attached hydrogens (primary N) is 1. The molecule has 0 unspecified atom stereocenters. The first-order chi connectivity index (χ1) is 9.70. The Morgan fingerprint density at radius 1 is 1.15 bits per heavy atom. The molecule has 3 N–H and O–H groups in total. The summed E-state index contributed by atoms with van der Waals surface area (Å²) in [6.45, 7) is 2.73. The van der Waals surface area contributed by atoms with Crippen LogP contribution >= 0.6 is 0 Å². The Morgan fingerprint density at radius 3 is 2.45 bits per heavy atom. The lowest BCUT2D eigenvalue weighted by Gasteiger charge is -2.09. The second-order valence-corrected chi connectivity index (χ2v) is 4.05. The van der Waals surface area contributed by atoms with Gasteiger partial charge in [-0.05, 0) is 30.7 Å². The Balaban J connectivity index is 2.12. The molecular formula is C14H16N4O2. The van der Waals surface area contributed by atoms with Crippen molar-refractivity contribution >= 4 is 5.84 Å². The predicted octanol–water partition coefficient (Wildman–Crippen LogP) is 2.34. The first-order valence-corrected chi connectivity index (χ1v) is 6.27. The lowest BCUT2D eigenvalue weighted by Crippen LogP contribution is -2.15. The van der Waals surface area contributed by atoms with E-state index in [1.165, 1.54) is 12.4 Å². The van der Waals surface area contributed by atoms with E-state index in [1.54, 1.807) is 12.1 Å². The fraction of sp³-hybridized carbons (Fsp3) is 0.214. The molecule has 0 amide bonds. The highest BCUT2D eigenvalue weighted by atomic mass is 16.5. The average Bonchev–Trinajstić information content (AvgIpc) is 2.47. The van der Waals surface area contributed by atoms with Gasteiger partial charge in [-0.15, -0.1) is 0 Å². The fourth-order valence-electron chi connectivity index (χ4n) is 1.52. The summed E-state index contributed by atoms with van der Waals surface area (Å²) in [6, 6.07) is 7.16. The lowest BCUT2D eigenvalue weighted by molar-refractivity contribution is 0.317. The summed E-state index contributed by atoms with van der Waals surface area (Å²) in [6.07, 6.45) is 3.91. The van der Waals surface area contributed by atoms with Crippen LogP contribution in [0.1, 0.15) is 19.0 Å². The highest BCUT2D eigenvalue weighted by Gasteiger charge is 2.10. The first kappa shape index (κ1) is 13.8. The third kappa shape index (κ3) is 3.44. The molecule has 1 aromatic carbocycles. The maximum absolute atomic E-state index is 7.43. The number of aromatic nitrogens is 2. The zero-order valence-electron chi connectivity index (χ0n) is 11.2. The van der Waals surface area contributed by atoms with E-state index in [0.717, 1.165) is 12.2 Å². The molecule has 0 bridgehead atoms. The van der Waals surface area contributed by atoms with Gasteiger partial charge in [0.25, 0.3) is 0 Å². The van der Waals surface area contributed by atoms with Gasteiger partial charge in [-0.3, -0.25) is 5.41 Å². The van der Waals surface area contributed by atoms with E-state index in [9.17, 15) is 0 Å². The topological polar surface area (TPSA) is 94.1 Å².